The number of rotatable bonds is 4. The average Bonchev–Trinajstić information content (AvgIpc) is 3.51. The van der Waals surface area contributed by atoms with Gasteiger partial charge in [-0.1, -0.05) is 89.3 Å². The molecule has 47 heavy (non-hydrogen) atoms. The first-order valence-corrected chi connectivity index (χ1v) is 18.6. The van der Waals surface area contributed by atoms with Crippen LogP contribution in [0, 0.1) is 20.8 Å². The largest absolute Gasteiger partial charge is 0.744 e. The van der Waals surface area contributed by atoms with Crippen LogP contribution in [0.5, 0.6) is 0 Å². The second-order valence-electron chi connectivity index (χ2n) is 12.3. The zero-order chi connectivity index (χ0) is 33.3. The number of hydrogen-bond donors (Lipinski definition) is 0. The van der Waals surface area contributed by atoms with Gasteiger partial charge >= 0.3 is 0 Å². The van der Waals surface area contributed by atoms with Crippen molar-refractivity contribution < 1.29 is 17.5 Å². The molecule has 0 saturated heterocycles. The monoisotopic (exact) mass is 678 g/mol. The maximum absolute atomic E-state index is 10.4. The van der Waals surface area contributed by atoms with Gasteiger partial charge in [0.05, 0.1) is 15.6 Å². The van der Waals surface area contributed by atoms with Crippen molar-refractivity contribution in [2.24, 2.45) is 7.05 Å². The van der Waals surface area contributed by atoms with Crippen molar-refractivity contribution in [1.29, 1.82) is 0 Å². The lowest BCUT2D eigenvalue weighted by atomic mass is 9.81. The Labute approximate surface area is 286 Å². The lowest BCUT2D eigenvalue weighted by molar-refractivity contribution is -0.642. The number of hydrogen-bond acceptors (Lipinski definition) is 6. The summed E-state index contributed by atoms with van der Waals surface area (Å²) < 4.78 is 34.9. The van der Waals surface area contributed by atoms with Gasteiger partial charge in [-0.3, -0.25) is 0 Å². The first-order valence-electron chi connectivity index (χ1n) is 15.6. The van der Waals surface area contributed by atoms with Crippen LogP contribution >= 0.6 is 23.1 Å². The van der Waals surface area contributed by atoms with Gasteiger partial charge in [0.1, 0.15) is 21.9 Å². The summed E-state index contributed by atoms with van der Waals surface area (Å²) in [5.41, 5.74) is 10.4. The smallest absolute Gasteiger partial charge is 0.262 e. The molecule has 7 rings (SSSR count). The molecule has 2 aliphatic rings. The molecule has 0 spiro atoms. The molecule has 4 aromatic carbocycles. The molecular formula is C39H38N2O3S3. The molecule has 0 bridgehead atoms. The van der Waals surface area contributed by atoms with E-state index in [0.29, 0.717) is 5.92 Å². The molecule has 0 amide bonds. The van der Waals surface area contributed by atoms with E-state index in [-0.39, 0.29) is 4.90 Å². The molecule has 1 atom stereocenters. The Bertz CT molecular complexity index is 2150. The molecule has 1 aromatic heterocycles. The maximum Gasteiger partial charge on any atom is 0.262 e. The summed E-state index contributed by atoms with van der Waals surface area (Å²) in [6.07, 6.45) is 9.39. The standard InChI is InChI=1S/C32H31N2S2.C7H8O3S/c1-21-10-12-27-29(14-21)35-31(33(27)3)19-23-16-24(18-26(17-23)25-8-6-5-7-9-25)20-32-34(4)28-13-11-22(2)15-30(28)36-32;1-6-2-4-7(5-3-6)11(8,9)10/h5-16,19-20,26H,17-18H2,1-4H3;2-5H,1H3,(H,8,9,10)/q+1;/p-1. The number of fused-ring (bicyclic) bond motifs is 2. The number of aryl methyl sites for hydroxylation is 4. The van der Waals surface area contributed by atoms with E-state index >= 15 is 0 Å². The number of allylic oxidation sites excluding steroid dienone is 4. The molecule has 1 aliphatic heterocycles. The van der Waals surface area contributed by atoms with Crippen LogP contribution in [0.2, 0.25) is 0 Å². The van der Waals surface area contributed by atoms with E-state index in [4.69, 9.17) is 0 Å². The normalized spacial score (nSPS) is 17.9. The third-order valence-corrected chi connectivity index (χ3v) is 11.7. The molecule has 8 heteroatoms. The summed E-state index contributed by atoms with van der Waals surface area (Å²) in [5.74, 6) is 0.484. The molecule has 1 unspecified atom stereocenters. The average molecular weight is 679 g/mol. The minimum atomic E-state index is -4.27. The Hall–Kier alpha value is -3.95. The zero-order valence-electron chi connectivity index (χ0n) is 27.2. The summed E-state index contributed by atoms with van der Waals surface area (Å²) in [6.45, 7) is 6.16. The zero-order valence-corrected chi connectivity index (χ0v) is 29.7. The molecule has 0 radical (unpaired) electrons. The molecule has 5 aromatic rings. The van der Waals surface area contributed by atoms with Crippen molar-refractivity contribution in [3.63, 3.8) is 0 Å². The van der Waals surface area contributed by atoms with E-state index in [2.05, 4.69) is 122 Å². The summed E-state index contributed by atoms with van der Waals surface area (Å²) in [4.78, 5) is 3.51. The second-order valence-corrected chi connectivity index (χ2v) is 15.8. The minimum absolute atomic E-state index is 0.178. The van der Waals surface area contributed by atoms with Gasteiger partial charge in [-0.15, -0.1) is 0 Å². The highest BCUT2D eigenvalue weighted by atomic mass is 32.2. The Balaban J connectivity index is 0.000000300. The molecular weight excluding hydrogens is 641 g/mol. The lowest BCUT2D eigenvalue weighted by Crippen LogP contribution is -2.29. The second kappa shape index (κ2) is 13.6. The van der Waals surface area contributed by atoms with E-state index in [9.17, 15) is 13.0 Å². The summed E-state index contributed by atoms with van der Waals surface area (Å²) in [7, 11) is 0.107. The number of nitrogens with zero attached hydrogens (tertiary/aromatic N) is 2. The van der Waals surface area contributed by atoms with Crippen LogP contribution in [0.15, 0.2) is 129 Å². The van der Waals surface area contributed by atoms with Gasteiger partial charge in [0.15, 0.2) is 0 Å². The van der Waals surface area contributed by atoms with Crippen LogP contribution in [-0.4, -0.2) is 20.0 Å². The highest BCUT2D eigenvalue weighted by molar-refractivity contribution is 8.03. The maximum atomic E-state index is 10.4. The topological polar surface area (TPSA) is 64.3 Å². The van der Waals surface area contributed by atoms with E-state index in [1.807, 2.05) is 30.0 Å². The van der Waals surface area contributed by atoms with Crippen LogP contribution in [0.1, 0.15) is 46.0 Å². The van der Waals surface area contributed by atoms with E-state index in [0.717, 1.165) is 18.4 Å². The van der Waals surface area contributed by atoms with Gasteiger partial charge < -0.3 is 9.45 Å². The Kier molecular flexibility index (Phi) is 9.58. The number of thioether (sulfide) groups is 1. The first kappa shape index (κ1) is 33.0. The predicted molar refractivity (Wildman–Crippen MR) is 195 cm³/mol. The van der Waals surface area contributed by atoms with Crippen molar-refractivity contribution in [3.8, 4) is 0 Å². The summed E-state index contributed by atoms with van der Waals surface area (Å²) >= 11 is 3.77. The molecule has 5 nitrogen and oxygen atoms in total. The third kappa shape index (κ3) is 7.63. The molecule has 0 saturated carbocycles. The van der Waals surface area contributed by atoms with Crippen molar-refractivity contribution in [2.45, 2.75) is 49.3 Å². The SMILES string of the molecule is Cc1ccc(S(=O)(=O)[O-])cc1.Cc1ccc2c(c1)S/C(=C\C1=CC(=C\c3sc4cc(C)ccc4[n+]3C)/CC(c3ccccc3)C1)N2C. The highest BCUT2D eigenvalue weighted by Crippen LogP contribution is 2.47. The minimum Gasteiger partial charge on any atom is -0.744 e. The Morgan fingerprint density at radius 1 is 0.851 bits per heavy atom. The van der Waals surface area contributed by atoms with Gasteiger partial charge in [-0.05, 0) is 104 Å². The summed E-state index contributed by atoms with van der Waals surface area (Å²) in [5, 5.41) is 2.61. The number of anilines is 1. The molecule has 1 aliphatic carbocycles. The van der Waals surface area contributed by atoms with E-state index in [1.165, 1.54) is 70.8 Å². The van der Waals surface area contributed by atoms with E-state index in [1.54, 1.807) is 12.1 Å². The van der Waals surface area contributed by atoms with Gasteiger partial charge in [0.25, 0.3) is 5.01 Å². The molecule has 240 valence electrons. The van der Waals surface area contributed by atoms with Crippen LogP contribution < -0.4 is 9.47 Å². The summed E-state index contributed by atoms with van der Waals surface area (Å²) in [6, 6.07) is 30.3. The third-order valence-electron chi connectivity index (χ3n) is 8.58. The number of thiazole rings is 1. The van der Waals surface area contributed by atoms with Gasteiger partial charge in [0.2, 0.25) is 5.52 Å². The first-order chi connectivity index (χ1) is 22.4. The fourth-order valence-corrected chi connectivity index (χ4v) is 8.91. The van der Waals surface area contributed by atoms with Gasteiger partial charge in [-0.2, -0.15) is 4.57 Å². The van der Waals surface area contributed by atoms with Crippen LogP contribution in [0.4, 0.5) is 5.69 Å². The van der Waals surface area contributed by atoms with Crippen LogP contribution in [0.25, 0.3) is 16.3 Å². The van der Waals surface area contributed by atoms with Crippen molar-refractivity contribution in [2.75, 3.05) is 11.9 Å². The van der Waals surface area contributed by atoms with E-state index < -0.39 is 10.1 Å². The van der Waals surface area contributed by atoms with Gasteiger partial charge in [0, 0.05) is 24.1 Å². The van der Waals surface area contributed by atoms with Crippen molar-refractivity contribution in [3.05, 3.63) is 147 Å². The fraction of sp³-hybridized carbons (Fsp3) is 0.205. The van der Waals surface area contributed by atoms with Crippen LogP contribution in [0.3, 0.4) is 0 Å². The quantitative estimate of drug-likeness (QED) is 0.140. The predicted octanol–water partition coefficient (Wildman–Crippen LogP) is 9.21. The lowest BCUT2D eigenvalue weighted by Gasteiger charge is -2.24. The molecule has 2 heterocycles. The van der Waals surface area contributed by atoms with Crippen molar-refractivity contribution in [1.82, 2.24) is 0 Å². The molecule has 0 N–H and O–H groups in total. The highest BCUT2D eigenvalue weighted by Gasteiger charge is 2.25. The van der Waals surface area contributed by atoms with Crippen molar-refractivity contribution >= 4 is 55.2 Å². The fourth-order valence-electron chi connectivity index (χ4n) is 5.99. The Morgan fingerprint density at radius 2 is 1.53 bits per heavy atom. The van der Waals surface area contributed by atoms with Crippen LogP contribution in [-0.2, 0) is 17.2 Å². The number of benzene rings is 4. The van der Waals surface area contributed by atoms with Gasteiger partial charge in [-0.25, -0.2) is 8.42 Å². The number of aromatic nitrogens is 1. The Morgan fingerprint density at radius 3 is 2.26 bits per heavy atom. The molecule has 0 fully saturated rings.